The van der Waals surface area contributed by atoms with Crippen LogP contribution in [0.25, 0.3) is 11.1 Å². The Hall–Kier alpha value is -3.15. The van der Waals surface area contributed by atoms with Crippen LogP contribution in [0.4, 0.5) is 10.5 Å². The van der Waals surface area contributed by atoms with E-state index >= 15 is 0 Å². The summed E-state index contributed by atoms with van der Waals surface area (Å²) in [6.45, 7) is 1.59. The fraction of sp³-hybridized carbons (Fsp3) is 0.318. The van der Waals surface area contributed by atoms with Crippen molar-refractivity contribution in [3.8, 4) is 11.1 Å². The maximum atomic E-state index is 12.9. The lowest BCUT2D eigenvalue weighted by Gasteiger charge is -2.24. The Morgan fingerprint density at radius 3 is 2.39 bits per heavy atom. The van der Waals surface area contributed by atoms with Gasteiger partial charge in [-0.1, -0.05) is 61.4 Å². The van der Waals surface area contributed by atoms with Crippen LogP contribution in [-0.4, -0.2) is 34.3 Å². The van der Waals surface area contributed by atoms with Crippen molar-refractivity contribution < 1.29 is 14.4 Å². The quantitative estimate of drug-likeness (QED) is 0.800. The molecule has 1 saturated heterocycles. The van der Waals surface area contributed by atoms with Crippen LogP contribution in [-0.2, 0) is 9.59 Å². The Labute approximate surface area is 163 Å². The third-order valence-electron chi connectivity index (χ3n) is 5.69. The summed E-state index contributed by atoms with van der Waals surface area (Å²) < 4.78 is 0. The number of urea groups is 1. The van der Waals surface area contributed by atoms with E-state index in [1.807, 2.05) is 54.6 Å². The molecule has 0 aromatic heterocycles. The molecule has 144 valence electrons. The molecule has 1 aliphatic carbocycles. The Bertz CT molecular complexity index is 920. The van der Waals surface area contributed by atoms with Crippen LogP contribution in [0.3, 0.4) is 0 Å². The second-order valence-electron chi connectivity index (χ2n) is 7.47. The summed E-state index contributed by atoms with van der Waals surface area (Å²) in [4.78, 5) is 39.3. The lowest BCUT2D eigenvalue weighted by Crippen LogP contribution is -2.48. The first-order valence-electron chi connectivity index (χ1n) is 9.63. The van der Waals surface area contributed by atoms with Gasteiger partial charge in [-0.05, 0) is 31.4 Å². The number of anilines is 1. The molecule has 2 aliphatic rings. The molecule has 4 rings (SSSR count). The fourth-order valence-electron chi connectivity index (χ4n) is 4.13. The zero-order chi connectivity index (χ0) is 19.7. The van der Waals surface area contributed by atoms with Gasteiger partial charge in [0.05, 0.1) is 0 Å². The van der Waals surface area contributed by atoms with Gasteiger partial charge >= 0.3 is 6.03 Å². The topological polar surface area (TPSA) is 78.5 Å². The number of nitrogens with one attached hydrogen (secondary N) is 2. The molecular formula is C22H23N3O3. The summed E-state index contributed by atoms with van der Waals surface area (Å²) in [6, 6.07) is 15.9. The lowest BCUT2D eigenvalue weighted by atomic mass is 9.97. The van der Waals surface area contributed by atoms with Crippen LogP contribution >= 0.6 is 0 Å². The van der Waals surface area contributed by atoms with E-state index in [1.165, 1.54) is 0 Å². The van der Waals surface area contributed by atoms with Crippen molar-refractivity contribution in [2.75, 3.05) is 5.32 Å². The molecule has 2 fully saturated rings. The summed E-state index contributed by atoms with van der Waals surface area (Å²) in [5.74, 6) is -0.670. The average molecular weight is 377 g/mol. The Morgan fingerprint density at radius 2 is 1.68 bits per heavy atom. The number of hydrogen-bond donors (Lipinski definition) is 2. The van der Waals surface area contributed by atoms with Crippen molar-refractivity contribution >= 4 is 23.5 Å². The molecular weight excluding hydrogens is 354 g/mol. The Balaban J connectivity index is 1.55. The first-order valence-corrected chi connectivity index (χ1v) is 9.63. The van der Waals surface area contributed by atoms with Crippen molar-refractivity contribution in [2.45, 2.75) is 44.2 Å². The van der Waals surface area contributed by atoms with Gasteiger partial charge in [-0.3, -0.25) is 9.59 Å². The van der Waals surface area contributed by atoms with E-state index in [9.17, 15) is 14.4 Å². The van der Waals surface area contributed by atoms with Gasteiger partial charge in [-0.25, -0.2) is 9.69 Å². The second kappa shape index (κ2) is 7.11. The maximum Gasteiger partial charge on any atom is 0.325 e. The molecule has 6 nitrogen and oxygen atoms in total. The van der Waals surface area contributed by atoms with Gasteiger partial charge in [0, 0.05) is 11.3 Å². The van der Waals surface area contributed by atoms with Gasteiger partial charge in [0.15, 0.2) is 0 Å². The van der Waals surface area contributed by atoms with Crippen molar-refractivity contribution in [1.82, 2.24) is 10.2 Å². The minimum atomic E-state index is -0.892. The van der Waals surface area contributed by atoms with E-state index in [1.54, 1.807) is 6.92 Å². The highest BCUT2D eigenvalue weighted by molar-refractivity contribution is 6.11. The average Bonchev–Trinajstić information content (AvgIpc) is 3.27. The molecule has 1 heterocycles. The van der Waals surface area contributed by atoms with Crippen LogP contribution in [0.5, 0.6) is 0 Å². The molecule has 28 heavy (non-hydrogen) atoms. The van der Waals surface area contributed by atoms with Gasteiger partial charge in [0.2, 0.25) is 5.91 Å². The molecule has 0 unspecified atom stereocenters. The van der Waals surface area contributed by atoms with Gasteiger partial charge in [-0.2, -0.15) is 0 Å². The Morgan fingerprint density at radius 1 is 1.04 bits per heavy atom. The number of benzene rings is 2. The smallest absolute Gasteiger partial charge is 0.324 e. The molecule has 2 aromatic rings. The van der Waals surface area contributed by atoms with Crippen LogP contribution in [0.2, 0.25) is 0 Å². The van der Waals surface area contributed by atoms with E-state index in [0.717, 1.165) is 28.9 Å². The number of carbonyl (C=O) groups is 3. The number of carbonyl (C=O) groups excluding carboxylic acids is 3. The number of para-hydroxylation sites is 1. The minimum absolute atomic E-state index is 0.283. The first kappa shape index (κ1) is 18.2. The monoisotopic (exact) mass is 377 g/mol. The van der Waals surface area contributed by atoms with Crippen molar-refractivity contribution in [2.24, 2.45) is 0 Å². The molecule has 1 spiro atoms. The van der Waals surface area contributed by atoms with Gasteiger partial charge < -0.3 is 10.6 Å². The highest BCUT2D eigenvalue weighted by Crippen LogP contribution is 2.36. The summed E-state index contributed by atoms with van der Waals surface area (Å²) >= 11 is 0. The van der Waals surface area contributed by atoms with Crippen molar-refractivity contribution in [3.05, 3.63) is 54.6 Å². The highest BCUT2D eigenvalue weighted by Gasteiger charge is 2.54. The lowest BCUT2D eigenvalue weighted by molar-refractivity contribution is -0.136. The van der Waals surface area contributed by atoms with E-state index in [4.69, 9.17) is 0 Å². The van der Waals surface area contributed by atoms with Crippen LogP contribution in [0, 0.1) is 0 Å². The van der Waals surface area contributed by atoms with Crippen molar-refractivity contribution in [1.29, 1.82) is 0 Å². The summed E-state index contributed by atoms with van der Waals surface area (Å²) in [5, 5.41) is 5.72. The van der Waals surface area contributed by atoms with E-state index < -0.39 is 17.6 Å². The molecule has 1 aliphatic heterocycles. The summed E-state index contributed by atoms with van der Waals surface area (Å²) in [6.07, 6.45) is 3.09. The van der Waals surface area contributed by atoms with E-state index in [0.29, 0.717) is 18.5 Å². The number of rotatable bonds is 4. The zero-order valence-electron chi connectivity index (χ0n) is 15.8. The number of imide groups is 1. The third-order valence-corrected chi connectivity index (χ3v) is 5.69. The zero-order valence-corrected chi connectivity index (χ0v) is 15.8. The van der Waals surface area contributed by atoms with Crippen LogP contribution in [0.1, 0.15) is 32.6 Å². The number of nitrogens with zero attached hydrogens (tertiary/aromatic N) is 1. The molecule has 4 amide bonds. The van der Waals surface area contributed by atoms with Gasteiger partial charge in [0.1, 0.15) is 11.6 Å². The van der Waals surface area contributed by atoms with E-state index in [-0.39, 0.29) is 11.8 Å². The molecule has 2 aromatic carbocycles. The van der Waals surface area contributed by atoms with Crippen LogP contribution in [0.15, 0.2) is 54.6 Å². The predicted molar refractivity (Wildman–Crippen MR) is 107 cm³/mol. The first-order chi connectivity index (χ1) is 13.5. The third kappa shape index (κ3) is 3.05. The maximum absolute atomic E-state index is 12.9. The number of amides is 4. The standard InChI is InChI=1S/C22H23N3O3/c1-15(25-20(27)22(24-21(25)28)13-7-8-14-22)19(26)23-18-12-6-5-11-17(18)16-9-3-2-4-10-16/h2-6,9-12,15H,7-8,13-14H2,1H3,(H,23,26)(H,24,28)/t15-/m0/s1. The molecule has 1 atom stereocenters. The fourth-order valence-corrected chi connectivity index (χ4v) is 4.13. The van der Waals surface area contributed by atoms with Crippen LogP contribution < -0.4 is 10.6 Å². The molecule has 0 bridgehead atoms. The normalized spacial score (nSPS) is 19.0. The Kier molecular flexibility index (Phi) is 4.63. The SMILES string of the molecule is C[C@@H](C(=O)Nc1ccccc1-c1ccccc1)N1C(=O)NC2(CCCC2)C1=O. The minimum Gasteiger partial charge on any atom is -0.324 e. The number of hydrogen-bond acceptors (Lipinski definition) is 3. The largest absolute Gasteiger partial charge is 0.325 e. The summed E-state index contributed by atoms with van der Waals surface area (Å²) in [5.41, 5.74) is 1.69. The molecule has 0 radical (unpaired) electrons. The summed E-state index contributed by atoms with van der Waals surface area (Å²) in [7, 11) is 0. The highest BCUT2D eigenvalue weighted by atomic mass is 16.2. The molecule has 1 saturated carbocycles. The molecule has 6 heteroatoms. The predicted octanol–water partition coefficient (Wildman–Crippen LogP) is 3.55. The van der Waals surface area contributed by atoms with Crippen molar-refractivity contribution in [3.63, 3.8) is 0 Å². The van der Waals surface area contributed by atoms with Gasteiger partial charge in [-0.15, -0.1) is 0 Å². The van der Waals surface area contributed by atoms with Gasteiger partial charge in [0.25, 0.3) is 5.91 Å². The van der Waals surface area contributed by atoms with E-state index in [2.05, 4.69) is 10.6 Å². The molecule has 2 N–H and O–H groups in total. The second-order valence-corrected chi connectivity index (χ2v) is 7.47.